The zero-order valence-electron chi connectivity index (χ0n) is 17.8. The van der Waals surface area contributed by atoms with E-state index in [1.807, 2.05) is 12.1 Å². The highest BCUT2D eigenvalue weighted by molar-refractivity contribution is 14.1. The molecule has 2 amide bonds. The van der Waals surface area contributed by atoms with E-state index in [2.05, 4.69) is 76.4 Å². The molecule has 1 fully saturated rings. The summed E-state index contributed by atoms with van der Waals surface area (Å²) in [5, 5.41) is 0.496. The van der Waals surface area contributed by atoms with Crippen molar-refractivity contribution >= 4 is 97.4 Å². The highest BCUT2D eigenvalue weighted by Crippen LogP contribution is 2.36. The largest absolute Gasteiger partial charge is 0.487 e. The van der Waals surface area contributed by atoms with Gasteiger partial charge in [-0.15, -0.1) is 0 Å². The number of carbonyl (C=O) groups excluding carboxylic acids is 2. The van der Waals surface area contributed by atoms with Crippen LogP contribution in [0.5, 0.6) is 5.75 Å². The number of imide groups is 1. The van der Waals surface area contributed by atoms with Gasteiger partial charge in [0.2, 0.25) is 0 Å². The van der Waals surface area contributed by atoms with Crippen molar-refractivity contribution in [1.82, 2.24) is 4.90 Å². The number of rotatable bonds is 6. The van der Waals surface area contributed by atoms with E-state index in [-0.39, 0.29) is 17.7 Å². The summed E-state index contributed by atoms with van der Waals surface area (Å²) in [4.78, 5) is 27.0. The Morgan fingerprint density at radius 1 is 0.941 bits per heavy atom. The van der Waals surface area contributed by atoms with E-state index in [0.717, 1.165) is 41.3 Å². The van der Waals surface area contributed by atoms with Crippen LogP contribution in [0, 0.1) is 14.1 Å². The number of ether oxygens (including phenoxy) is 1. The van der Waals surface area contributed by atoms with Crippen LogP contribution < -0.4 is 4.74 Å². The fraction of sp³-hybridized carbons (Fsp3) is 0.120. The molecule has 0 unspecified atom stereocenters. The lowest BCUT2D eigenvalue weighted by molar-refractivity contribution is -0.123. The summed E-state index contributed by atoms with van der Waals surface area (Å²) in [6.07, 6.45) is 1.74. The quantitative estimate of drug-likeness (QED) is 0.189. The third-order valence-corrected chi connectivity index (χ3v) is 8.27. The maximum Gasteiger partial charge on any atom is 0.293 e. The van der Waals surface area contributed by atoms with Crippen LogP contribution in [-0.4, -0.2) is 16.0 Å². The standard InChI is InChI=1S/C25H17Cl2I2NO3S/c1-14-2-4-15(5-3-14)13-33-23-20(28)9-17(10-21(23)29)11-22-24(31)30(25(32)34-22)12-16-6-7-18(26)19(27)8-16/h2-11H,12-13H2,1H3/b22-11-. The molecule has 1 saturated heterocycles. The Labute approximate surface area is 239 Å². The van der Waals surface area contributed by atoms with Gasteiger partial charge in [-0.25, -0.2) is 0 Å². The van der Waals surface area contributed by atoms with E-state index in [4.69, 9.17) is 27.9 Å². The van der Waals surface area contributed by atoms with Crippen molar-refractivity contribution in [3.05, 3.63) is 98.9 Å². The van der Waals surface area contributed by atoms with Crippen molar-refractivity contribution in [3.63, 3.8) is 0 Å². The lowest BCUT2D eigenvalue weighted by Gasteiger charge is -2.13. The van der Waals surface area contributed by atoms with Crippen LogP contribution in [0.2, 0.25) is 10.0 Å². The number of halogens is 4. The minimum atomic E-state index is -0.328. The normalized spacial score (nSPS) is 14.9. The van der Waals surface area contributed by atoms with Gasteiger partial charge in [0.1, 0.15) is 12.4 Å². The van der Waals surface area contributed by atoms with Gasteiger partial charge in [-0.3, -0.25) is 14.5 Å². The van der Waals surface area contributed by atoms with Crippen molar-refractivity contribution in [3.8, 4) is 5.75 Å². The molecule has 1 aliphatic rings. The third-order valence-electron chi connectivity index (χ3n) is 5.02. The van der Waals surface area contributed by atoms with Gasteiger partial charge < -0.3 is 4.74 Å². The number of thioether (sulfide) groups is 1. The molecule has 0 aliphatic carbocycles. The first-order valence-electron chi connectivity index (χ1n) is 10.1. The van der Waals surface area contributed by atoms with E-state index in [0.29, 0.717) is 21.6 Å². The van der Waals surface area contributed by atoms with Crippen molar-refractivity contribution < 1.29 is 14.3 Å². The van der Waals surface area contributed by atoms with Crippen LogP contribution in [0.1, 0.15) is 22.3 Å². The van der Waals surface area contributed by atoms with Crippen LogP contribution >= 0.6 is 80.1 Å². The van der Waals surface area contributed by atoms with Gasteiger partial charge in [0.05, 0.1) is 28.6 Å². The summed E-state index contributed by atoms with van der Waals surface area (Å²) >= 11 is 17.4. The van der Waals surface area contributed by atoms with Gasteiger partial charge in [0.15, 0.2) is 0 Å². The Kier molecular flexibility index (Phi) is 8.50. The number of benzene rings is 3. The molecule has 3 aromatic carbocycles. The van der Waals surface area contributed by atoms with Crippen molar-refractivity contribution in [1.29, 1.82) is 0 Å². The molecule has 1 aliphatic heterocycles. The molecule has 3 aromatic rings. The molecule has 0 saturated carbocycles. The minimum absolute atomic E-state index is 0.139. The summed E-state index contributed by atoms with van der Waals surface area (Å²) < 4.78 is 7.92. The number of hydrogen-bond donors (Lipinski definition) is 0. The van der Waals surface area contributed by atoms with E-state index in [1.54, 1.807) is 24.3 Å². The van der Waals surface area contributed by atoms with Crippen LogP contribution in [0.25, 0.3) is 6.08 Å². The van der Waals surface area contributed by atoms with Gasteiger partial charge in [-0.05, 0) is 111 Å². The summed E-state index contributed by atoms with van der Waals surface area (Å²) in [7, 11) is 0. The number of amides is 2. The molecule has 0 spiro atoms. The summed E-state index contributed by atoms with van der Waals surface area (Å²) in [6.45, 7) is 2.66. The zero-order valence-corrected chi connectivity index (χ0v) is 24.4. The Balaban J connectivity index is 1.49. The Bertz CT molecular complexity index is 1290. The lowest BCUT2D eigenvalue weighted by Crippen LogP contribution is -2.27. The fourth-order valence-corrected chi connectivity index (χ4v) is 6.54. The van der Waals surface area contributed by atoms with Crippen LogP contribution in [0.3, 0.4) is 0 Å². The molecule has 9 heteroatoms. The van der Waals surface area contributed by atoms with Crippen LogP contribution in [-0.2, 0) is 17.9 Å². The molecule has 0 bridgehead atoms. The number of hydrogen-bond acceptors (Lipinski definition) is 4. The van der Waals surface area contributed by atoms with Crippen molar-refractivity contribution in [2.75, 3.05) is 0 Å². The van der Waals surface area contributed by atoms with Gasteiger partial charge in [-0.2, -0.15) is 0 Å². The molecule has 34 heavy (non-hydrogen) atoms. The SMILES string of the molecule is Cc1ccc(COc2c(I)cc(/C=C3\SC(=O)N(Cc4ccc(Cl)c(Cl)c4)C3=O)cc2I)cc1. The lowest BCUT2D eigenvalue weighted by atomic mass is 10.1. The fourth-order valence-electron chi connectivity index (χ4n) is 3.25. The van der Waals surface area contributed by atoms with E-state index >= 15 is 0 Å². The van der Waals surface area contributed by atoms with Gasteiger partial charge >= 0.3 is 0 Å². The summed E-state index contributed by atoms with van der Waals surface area (Å²) in [5.41, 5.74) is 3.87. The third kappa shape index (κ3) is 6.10. The van der Waals surface area contributed by atoms with Gasteiger partial charge in [0, 0.05) is 0 Å². The number of aryl methyl sites for hydroxylation is 1. The van der Waals surface area contributed by atoms with Crippen molar-refractivity contribution in [2.45, 2.75) is 20.1 Å². The molecule has 0 N–H and O–H groups in total. The first-order valence-corrected chi connectivity index (χ1v) is 13.8. The molecule has 0 radical (unpaired) electrons. The number of carbonyl (C=O) groups is 2. The minimum Gasteiger partial charge on any atom is -0.487 e. The summed E-state index contributed by atoms with van der Waals surface area (Å²) in [6, 6.07) is 17.2. The predicted molar refractivity (Wildman–Crippen MR) is 155 cm³/mol. The second-order valence-corrected chi connectivity index (χ2v) is 11.7. The maximum atomic E-state index is 12.9. The average molecular weight is 736 g/mol. The van der Waals surface area contributed by atoms with Gasteiger partial charge in [0.25, 0.3) is 11.1 Å². The molecule has 4 nitrogen and oxygen atoms in total. The Morgan fingerprint density at radius 3 is 2.24 bits per heavy atom. The second-order valence-electron chi connectivity index (χ2n) is 7.60. The first kappa shape index (κ1) is 25.8. The van der Waals surface area contributed by atoms with Crippen LogP contribution in [0.15, 0.2) is 59.5 Å². The van der Waals surface area contributed by atoms with E-state index in [9.17, 15) is 9.59 Å². The molecule has 0 aromatic heterocycles. The highest BCUT2D eigenvalue weighted by Gasteiger charge is 2.35. The highest BCUT2D eigenvalue weighted by atomic mass is 127. The molecular formula is C25H17Cl2I2NO3S. The van der Waals surface area contributed by atoms with Crippen molar-refractivity contribution in [2.24, 2.45) is 0 Å². The zero-order chi connectivity index (χ0) is 24.4. The topological polar surface area (TPSA) is 46.6 Å². The smallest absolute Gasteiger partial charge is 0.293 e. The molecule has 4 rings (SSSR count). The monoisotopic (exact) mass is 735 g/mol. The summed E-state index contributed by atoms with van der Waals surface area (Å²) in [5.74, 6) is 0.470. The predicted octanol–water partition coefficient (Wildman–Crippen LogP) is 8.33. The number of nitrogens with zero attached hydrogens (tertiary/aromatic N) is 1. The second kappa shape index (κ2) is 11.2. The van der Waals surface area contributed by atoms with Gasteiger partial charge in [-0.1, -0.05) is 59.1 Å². The Hall–Kier alpha value is -1.27. The van der Waals surface area contributed by atoms with E-state index in [1.165, 1.54) is 10.5 Å². The molecule has 1 heterocycles. The Morgan fingerprint density at radius 2 is 1.59 bits per heavy atom. The maximum absolute atomic E-state index is 12.9. The first-order chi connectivity index (χ1) is 16.2. The molecule has 0 atom stereocenters. The molecule has 174 valence electrons. The van der Waals surface area contributed by atoms with Crippen LogP contribution in [0.4, 0.5) is 4.79 Å². The average Bonchev–Trinajstić information content (AvgIpc) is 3.04. The molecular weight excluding hydrogens is 719 g/mol. The van der Waals surface area contributed by atoms with E-state index < -0.39 is 0 Å².